The molecular formula is C16H20N2O. The highest BCUT2D eigenvalue weighted by Gasteiger charge is 2.12. The van der Waals surface area contributed by atoms with Crippen molar-refractivity contribution in [2.75, 3.05) is 0 Å². The lowest BCUT2D eigenvalue weighted by Gasteiger charge is -2.03. The van der Waals surface area contributed by atoms with Gasteiger partial charge in [-0.1, -0.05) is 29.8 Å². The molecule has 0 N–H and O–H groups in total. The topological polar surface area (TPSA) is 34.9 Å². The number of aryl methyl sites for hydroxylation is 3. The van der Waals surface area contributed by atoms with Crippen molar-refractivity contribution in [2.45, 2.75) is 33.6 Å². The molecular weight excluding hydrogens is 236 g/mol. The van der Waals surface area contributed by atoms with Crippen LogP contribution in [0.15, 0.2) is 24.3 Å². The lowest BCUT2D eigenvalue weighted by Crippen LogP contribution is -2.02. The number of rotatable bonds is 4. The SMILES string of the molecule is Cc1ccc(C(=O)CCc2c(C)nn(C)c2C)cc1. The largest absolute Gasteiger partial charge is 0.294 e. The molecule has 0 unspecified atom stereocenters. The van der Waals surface area contributed by atoms with Crippen LogP contribution in [0.3, 0.4) is 0 Å². The summed E-state index contributed by atoms with van der Waals surface area (Å²) in [6.07, 6.45) is 1.30. The van der Waals surface area contributed by atoms with E-state index in [0.717, 1.165) is 23.4 Å². The zero-order valence-corrected chi connectivity index (χ0v) is 12.0. The van der Waals surface area contributed by atoms with Crippen molar-refractivity contribution in [3.63, 3.8) is 0 Å². The van der Waals surface area contributed by atoms with E-state index in [1.165, 1.54) is 11.1 Å². The van der Waals surface area contributed by atoms with E-state index in [9.17, 15) is 4.79 Å². The van der Waals surface area contributed by atoms with Gasteiger partial charge in [-0.3, -0.25) is 9.48 Å². The van der Waals surface area contributed by atoms with Gasteiger partial charge in [0.15, 0.2) is 5.78 Å². The second kappa shape index (κ2) is 5.39. The molecule has 100 valence electrons. The molecule has 0 aliphatic carbocycles. The Morgan fingerprint density at radius 1 is 1.16 bits per heavy atom. The lowest BCUT2D eigenvalue weighted by atomic mass is 10.0. The summed E-state index contributed by atoms with van der Waals surface area (Å²) in [4.78, 5) is 12.1. The predicted molar refractivity (Wildman–Crippen MR) is 76.5 cm³/mol. The molecule has 0 bridgehead atoms. The van der Waals surface area contributed by atoms with E-state index in [2.05, 4.69) is 5.10 Å². The molecule has 0 aliphatic rings. The molecule has 0 saturated heterocycles. The number of nitrogens with zero attached hydrogens (tertiary/aromatic N) is 2. The molecule has 1 aromatic heterocycles. The van der Waals surface area contributed by atoms with Crippen LogP contribution in [-0.4, -0.2) is 15.6 Å². The van der Waals surface area contributed by atoms with Crippen LogP contribution in [0.1, 0.15) is 39.3 Å². The quantitative estimate of drug-likeness (QED) is 0.788. The van der Waals surface area contributed by atoms with Crippen molar-refractivity contribution in [1.82, 2.24) is 9.78 Å². The van der Waals surface area contributed by atoms with Crippen molar-refractivity contribution in [3.8, 4) is 0 Å². The lowest BCUT2D eigenvalue weighted by molar-refractivity contribution is 0.0983. The minimum atomic E-state index is 0.197. The average Bonchev–Trinajstić information content (AvgIpc) is 2.62. The van der Waals surface area contributed by atoms with Gasteiger partial charge in [-0.05, 0) is 32.8 Å². The number of Topliss-reactive ketones (excluding diaryl/α,β-unsaturated/α-hetero) is 1. The van der Waals surface area contributed by atoms with Gasteiger partial charge < -0.3 is 0 Å². The molecule has 0 atom stereocenters. The Kier molecular flexibility index (Phi) is 3.84. The second-order valence-corrected chi connectivity index (χ2v) is 5.06. The monoisotopic (exact) mass is 256 g/mol. The van der Waals surface area contributed by atoms with Gasteiger partial charge in [-0.2, -0.15) is 5.10 Å². The van der Waals surface area contributed by atoms with Crippen LogP contribution < -0.4 is 0 Å². The zero-order chi connectivity index (χ0) is 14.0. The molecule has 0 amide bonds. The van der Waals surface area contributed by atoms with Gasteiger partial charge in [0.05, 0.1) is 5.69 Å². The third-order valence-corrected chi connectivity index (χ3v) is 3.63. The van der Waals surface area contributed by atoms with Crippen LogP contribution >= 0.6 is 0 Å². The van der Waals surface area contributed by atoms with Crippen molar-refractivity contribution >= 4 is 5.78 Å². The number of benzene rings is 1. The Morgan fingerprint density at radius 3 is 2.32 bits per heavy atom. The van der Waals surface area contributed by atoms with E-state index in [1.807, 2.05) is 56.8 Å². The van der Waals surface area contributed by atoms with Crippen molar-refractivity contribution < 1.29 is 4.79 Å². The highest BCUT2D eigenvalue weighted by molar-refractivity contribution is 5.96. The van der Waals surface area contributed by atoms with Gasteiger partial charge in [-0.15, -0.1) is 0 Å². The molecule has 3 nitrogen and oxygen atoms in total. The van der Waals surface area contributed by atoms with Crippen molar-refractivity contribution in [1.29, 1.82) is 0 Å². The van der Waals surface area contributed by atoms with Crippen LogP contribution in [0.2, 0.25) is 0 Å². The van der Waals surface area contributed by atoms with Crippen LogP contribution in [0.4, 0.5) is 0 Å². The van der Waals surface area contributed by atoms with Gasteiger partial charge in [-0.25, -0.2) is 0 Å². The Labute approximate surface area is 114 Å². The average molecular weight is 256 g/mol. The summed E-state index contributed by atoms with van der Waals surface area (Å²) >= 11 is 0. The standard InChI is InChI=1S/C16H20N2O/c1-11-5-7-14(8-6-11)16(19)10-9-15-12(2)17-18(4)13(15)3/h5-8H,9-10H2,1-4H3. The summed E-state index contributed by atoms with van der Waals surface area (Å²) in [6, 6.07) is 7.77. The molecule has 1 aromatic carbocycles. The Balaban J connectivity index is 2.06. The van der Waals surface area contributed by atoms with E-state index in [0.29, 0.717) is 6.42 Å². The molecule has 0 radical (unpaired) electrons. The minimum Gasteiger partial charge on any atom is -0.294 e. The van der Waals surface area contributed by atoms with E-state index < -0.39 is 0 Å². The first-order chi connectivity index (χ1) is 8.99. The summed E-state index contributed by atoms with van der Waals surface area (Å²) in [7, 11) is 1.94. The molecule has 2 rings (SSSR count). The fourth-order valence-electron chi connectivity index (χ4n) is 2.30. The summed E-state index contributed by atoms with van der Waals surface area (Å²) < 4.78 is 1.88. The van der Waals surface area contributed by atoms with Crippen LogP contribution in [0.25, 0.3) is 0 Å². The summed E-state index contributed by atoms with van der Waals surface area (Å²) in [5, 5.41) is 4.38. The highest BCUT2D eigenvalue weighted by atomic mass is 16.1. The summed E-state index contributed by atoms with van der Waals surface area (Å²) in [5.41, 5.74) is 5.34. The van der Waals surface area contributed by atoms with Crippen molar-refractivity contribution in [3.05, 3.63) is 52.3 Å². The first kappa shape index (κ1) is 13.5. The number of carbonyl (C=O) groups is 1. The maximum absolute atomic E-state index is 12.1. The maximum Gasteiger partial charge on any atom is 0.163 e. The number of ketones is 1. The molecule has 0 saturated carbocycles. The number of carbonyl (C=O) groups excluding carboxylic acids is 1. The Bertz CT molecular complexity index is 594. The molecule has 19 heavy (non-hydrogen) atoms. The Morgan fingerprint density at radius 2 is 1.79 bits per heavy atom. The van der Waals surface area contributed by atoms with Gasteiger partial charge in [0, 0.05) is 24.7 Å². The molecule has 0 aliphatic heterocycles. The molecule has 0 fully saturated rings. The molecule has 2 aromatic rings. The second-order valence-electron chi connectivity index (χ2n) is 5.06. The van der Waals surface area contributed by atoms with Gasteiger partial charge in [0.1, 0.15) is 0 Å². The smallest absolute Gasteiger partial charge is 0.163 e. The van der Waals surface area contributed by atoms with E-state index in [4.69, 9.17) is 0 Å². The predicted octanol–water partition coefficient (Wildman–Crippen LogP) is 3.16. The van der Waals surface area contributed by atoms with E-state index in [1.54, 1.807) is 0 Å². The van der Waals surface area contributed by atoms with Crippen LogP contribution in [-0.2, 0) is 13.5 Å². The van der Waals surface area contributed by atoms with Crippen LogP contribution in [0, 0.1) is 20.8 Å². The molecule has 1 heterocycles. The Hall–Kier alpha value is -1.90. The van der Waals surface area contributed by atoms with Gasteiger partial charge in [0.25, 0.3) is 0 Å². The number of aromatic nitrogens is 2. The summed E-state index contributed by atoms with van der Waals surface area (Å²) in [5.74, 6) is 0.197. The summed E-state index contributed by atoms with van der Waals surface area (Å²) in [6.45, 7) is 6.07. The first-order valence-electron chi connectivity index (χ1n) is 6.58. The fourth-order valence-corrected chi connectivity index (χ4v) is 2.30. The minimum absolute atomic E-state index is 0.197. The first-order valence-corrected chi connectivity index (χ1v) is 6.58. The third kappa shape index (κ3) is 2.92. The number of hydrogen-bond donors (Lipinski definition) is 0. The number of hydrogen-bond acceptors (Lipinski definition) is 2. The molecule has 0 spiro atoms. The normalized spacial score (nSPS) is 10.7. The third-order valence-electron chi connectivity index (χ3n) is 3.63. The van der Waals surface area contributed by atoms with E-state index >= 15 is 0 Å². The van der Waals surface area contributed by atoms with Crippen molar-refractivity contribution in [2.24, 2.45) is 7.05 Å². The highest BCUT2D eigenvalue weighted by Crippen LogP contribution is 2.16. The van der Waals surface area contributed by atoms with Gasteiger partial charge in [0.2, 0.25) is 0 Å². The van der Waals surface area contributed by atoms with Gasteiger partial charge >= 0.3 is 0 Å². The van der Waals surface area contributed by atoms with Crippen LogP contribution in [0.5, 0.6) is 0 Å². The fraction of sp³-hybridized carbons (Fsp3) is 0.375. The maximum atomic E-state index is 12.1. The van der Waals surface area contributed by atoms with E-state index in [-0.39, 0.29) is 5.78 Å². The molecule has 3 heteroatoms. The zero-order valence-electron chi connectivity index (χ0n) is 12.0.